The van der Waals surface area contributed by atoms with E-state index in [4.69, 9.17) is 18.6 Å². The number of furan rings is 1. The number of rotatable bonds is 10. The number of hydrogen-bond donors (Lipinski definition) is 0. The highest BCUT2D eigenvalue weighted by atomic mass is 79.9. The molecule has 2 heterocycles. The van der Waals surface area contributed by atoms with E-state index >= 15 is 0 Å². The van der Waals surface area contributed by atoms with E-state index < -0.39 is 28.7 Å². The lowest BCUT2D eigenvalue weighted by atomic mass is 10.2. The largest absolute Gasteiger partial charge is 0.490 e. The number of hydrogen-bond acceptors (Lipinski definition) is 10. The minimum absolute atomic E-state index is 0.0181. The molecule has 0 radical (unpaired) electrons. The molecule has 0 unspecified atom stereocenters. The van der Waals surface area contributed by atoms with Gasteiger partial charge in [0, 0.05) is 21.5 Å². The third-order valence-electron chi connectivity index (χ3n) is 5.97. The van der Waals surface area contributed by atoms with Gasteiger partial charge in [-0.05, 0) is 56.3 Å². The number of para-hydroxylation sites is 1. The van der Waals surface area contributed by atoms with Crippen LogP contribution in [0.5, 0.6) is 11.5 Å². The molecule has 0 aliphatic carbocycles. The number of nitro benzene ring substituents is 1. The number of carbonyl (C=O) groups is 1. The molecule has 0 saturated carbocycles. The van der Waals surface area contributed by atoms with E-state index in [1.165, 1.54) is 18.3 Å². The van der Waals surface area contributed by atoms with Gasteiger partial charge in [0.1, 0.15) is 5.58 Å². The van der Waals surface area contributed by atoms with Gasteiger partial charge < -0.3 is 18.6 Å². The number of carbonyl (C=O) groups excluding carboxylic acids is 1. The van der Waals surface area contributed by atoms with Gasteiger partial charge in [0.15, 0.2) is 18.1 Å². The van der Waals surface area contributed by atoms with Crippen LogP contribution in [-0.4, -0.2) is 46.6 Å². The van der Waals surface area contributed by atoms with E-state index in [-0.39, 0.29) is 36.1 Å². The summed E-state index contributed by atoms with van der Waals surface area (Å²) in [6.07, 6.45) is 1.27. The summed E-state index contributed by atoms with van der Waals surface area (Å²) in [5.41, 5.74) is 0.332. The Morgan fingerprint density at radius 2 is 1.93 bits per heavy atom. The first-order valence-corrected chi connectivity index (χ1v) is 13.6. The van der Waals surface area contributed by atoms with Crippen molar-refractivity contribution in [2.24, 2.45) is 5.10 Å². The third-order valence-corrected chi connectivity index (χ3v) is 6.46. The van der Waals surface area contributed by atoms with Crippen molar-refractivity contribution in [3.63, 3.8) is 0 Å². The number of nitrogens with zero attached hydrogens (tertiary/aromatic N) is 4. The molecule has 0 bridgehead atoms. The maximum absolute atomic E-state index is 13.6. The third kappa shape index (κ3) is 5.86. The van der Waals surface area contributed by atoms with Crippen LogP contribution in [0.25, 0.3) is 33.5 Å². The summed E-state index contributed by atoms with van der Waals surface area (Å²) < 4.78 is 23.8. The van der Waals surface area contributed by atoms with Crippen LogP contribution >= 0.6 is 15.9 Å². The lowest BCUT2D eigenvalue weighted by Gasteiger charge is -2.13. The fraction of sp³-hybridized carbons (Fsp3) is 0.172. The number of halogens is 1. The van der Waals surface area contributed by atoms with Gasteiger partial charge in [0.25, 0.3) is 5.56 Å². The average Bonchev–Trinajstić information content (AvgIpc) is 3.39. The average molecular weight is 635 g/mol. The monoisotopic (exact) mass is 634 g/mol. The maximum atomic E-state index is 13.6. The quantitative estimate of drug-likeness (QED) is 0.0815. The van der Waals surface area contributed by atoms with Crippen molar-refractivity contribution in [1.29, 1.82) is 0 Å². The number of esters is 1. The molecule has 13 heteroatoms. The van der Waals surface area contributed by atoms with E-state index in [9.17, 15) is 19.7 Å². The number of aromatic nitrogens is 2. The second-order valence-electron chi connectivity index (χ2n) is 8.76. The molecule has 5 rings (SSSR count). The number of fused-ring (bicyclic) bond motifs is 2. The minimum Gasteiger partial charge on any atom is -0.490 e. The van der Waals surface area contributed by atoms with Crippen LogP contribution < -0.4 is 15.0 Å². The molecule has 5 aromatic rings. The van der Waals surface area contributed by atoms with E-state index in [0.29, 0.717) is 22.2 Å². The lowest BCUT2D eigenvalue weighted by Crippen LogP contribution is -2.20. The summed E-state index contributed by atoms with van der Waals surface area (Å²) in [6.45, 7) is 3.08. The Morgan fingerprint density at radius 1 is 1.12 bits per heavy atom. The summed E-state index contributed by atoms with van der Waals surface area (Å²) in [4.78, 5) is 41.3. The van der Waals surface area contributed by atoms with Crippen LogP contribution in [0.4, 0.5) is 5.69 Å². The molecule has 2 aromatic heterocycles. The molecule has 3 aromatic carbocycles. The topological polar surface area (TPSA) is 148 Å². The van der Waals surface area contributed by atoms with Gasteiger partial charge in [0.05, 0.1) is 35.3 Å². The molecule has 214 valence electrons. The van der Waals surface area contributed by atoms with Gasteiger partial charge in [-0.1, -0.05) is 28.1 Å². The highest BCUT2D eigenvalue weighted by Gasteiger charge is 2.24. The Labute approximate surface area is 246 Å². The Kier molecular flexibility index (Phi) is 8.29. The first kappa shape index (κ1) is 28.5. The van der Waals surface area contributed by atoms with Crippen LogP contribution in [0.15, 0.2) is 79.4 Å². The van der Waals surface area contributed by atoms with E-state index in [1.807, 2.05) is 12.1 Å². The van der Waals surface area contributed by atoms with Crippen LogP contribution in [0.2, 0.25) is 0 Å². The molecule has 0 atom stereocenters. The number of ether oxygens (including phenoxy) is 3. The molecular weight excluding hydrogens is 612 g/mol. The number of benzene rings is 3. The second-order valence-corrected chi connectivity index (χ2v) is 9.67. The zero-order valence-electron chi connectivity index (χ0n) is 22.4. The summed E-state index contributed by atoms with van der Waals surface area (Å²) in [7, 11) is 0. The smallest absolute Gasteiger partial charge is 0.344 e. The van der Waals surface area contributed by atoms with E-state index in [2.05, 4.69) is 26.0 Å². The Morgan fingerprint density at radius 3 is 2.69 bits per heavy atom. The summed E-state index contributed by atoms with van der Waals surface area (Å²) in [5, 5.41) is 17.4. The van der Waals surface area contributed by atoms with Crippen LogP contribution in [-0.2, 0) is 9.53 Å². The highest BCUT2D eigenvalue weighted by molar-refractivity contribution is 9.10. The summed E-state index contributed by atoms with van der Waals surface area (Å²) >= 11 is 3.44. The van der Waals surface area contributed by atoms with Crippen molar-refractivity contribution in [1.82, 2.24) is 9.66 Å². The molecule has 0 amide bonds. The summed E-state index contributed by atoms with van der Waals surface area (Å²) in [5.74, 6) is -0.466. The zero-order valence-corrected chi connectivity index (χ0v) is 24.0. The van der Waals surface area contributed by atoms with Gasteiger partial charge >= 0.3 is 11.7 Å². The van der Waals surface area contributed by atoms with E-state index in [0.717, 1.165) is 14.5 Å². The molecule has 0 aliphatic heterocycles. The predicted molar refractivity (Wildman–Crippen MR) is 158 cm³/mol. The van der Waals surface area contributed by atoms with Crippen molar-refractivity contribution in [3.8, 4) is 23.1 Å². The molecule has 42 heavy (non-hydrogen) atoms. The summed E-state index contributed by atoms with van der Waals surface area (Å²) in [6, 6.07) is 16.7. The van der Waals surface area contributed by atoms with Crippen molar-refractivity contribution < 1.29 is 28.3 Å². The molecule has 0 saturated heterocycles. The normalized spacial score (nSPS) is 11.3. The van der Waals surface area contributed by atoms with Crippen molar-refractivity contribution in [3.05, 3.63) is 91.2 Å². The van der Waals surface area contributed by atoms with Crippen molar-refractivity contribution in [2.75, 3.05) is 19.8 Å². The lowest BCUT2D eigenvalue weighted by molar-refractivity contribution is -0.385. The standard InChI is InChI=1S/C29H23BrN4O8/c1-3-39-24-12-17(11-22(34(37)38)27(24)41-16-26(35)40-4-2)15-31-33-28(32-21-8-6-5-7-20(21)29(33)36)25-14-18-13-19(30)9-10-23(18)42-25/h5-15H,3-4,16H2,1-2H3. The van der Waals surface area contributed by atoms with Crippen LogP contribution in [0.1, 0.15) is 19.4 Å². The van der Waals surface area contributed by atoms with E-state index in [1.54, 1.807) is 50.2 Å². The highest BCUT2D eigenvalue weighted by Crippen LogP contribution is 2.38. The molecular formula is C29H23BrN4O8. The molecule has 0 aliphatic rings. The number of nitro groups is 1. The maximum Gasteiger partial charge on any atom is 0.344 e. The minimum atomic E-state index is -0.687. The Bertz CT molecular complexity index is 1910. The predicted octanol–water partition coefficient (Wildman–Crippen LogP) is 5.70. The van der Waals surface area contributed by atoms with Crippen LogP contribution in [0, 0.1) is 10.1 Å². The first-order valence-electron chi connectivity index (χ1n) is 12.8. The van der Waals surface area contributed by atoms with Gasteiger partial charge in [-0.3, -0.25) is 14.9 Å². The first-order chi connectivity index (χ1) is 20.3. The zero-order chi connectivity index (χ0) is 29.8. The second kappa shape index (κ2) is 12.2. The van der Waals surface area contributed by atoms with Gasteiger partial charge in [-0.2, -0.15) is 9.78 Å². The van der Waals surface area contributed by atoms with Crippen LogP contribution in [0.3, 0.4) is 0 Å². The fourth-order valence-electron chi connectivity index (χ4n) is 4.20. The Balaban J connectivity index is 1.63. The Hall–Kier alpha value is -5.04. The molecule has 0 fully saturated rings. The van der Waals surface area contributed by atoms with Gasteiger partial charge in [0.2, 0.25) is 11.6 Å². The SMILES string of the molecule is CCOC(=O)COc1c(OCC)cc(C=Nn2c(-c3cc4cc(Br)ccc4o3)nc3ccccc3c2=O)cc1[N+](=O)[O-]. The molecule has 0 N–H and O–H groups in total. The molecule has 12 nitrogen and oxygen atoms in total. The molecule has 0 spiro atoms. The van der Waals surface area contributed by atoms with Crippen molar-refractivity contribution >= 4 is 55.7 Å². The fourth-order valence-corrected chi connectivity index (χ4v) is 4.58. The van der Waals surface area contributed by atoms with Crippen molar-refractivity contribution in [2.45, 2.75) is 13.8 Å². The van der Waals surface area contributed by atoms with Gasteiger partial charge in [-0.15, -0.1) is 0 Å². The van der Waals surface area contributed by atoms with Gasteiger partial charge in [-0.25, -0.2) is 9.78 Å².